The van der Waals surface area contributed by atoms with Crippen LogP contribution in [0.25, 0.3) is 0 Å². The Kier molecular flexibility index (Phi) is 7.12. The average molecular weight is 483 g/mol. The van der Waals surface area contributed by atoms with Crippen LogP contribution in [0.5, 0.6) is 0 Å². The van der Waals surface area contributed by atoms with E-state index < -0.39 is 10.0 Å². The number of nitrogens with one attached hydrogen (secondary N) is 1. The highest BCUT2D eigenvalue weighted by molar-refractivity contribution is 9.10. The topological polar surface area (TPSA) is 82.1 Å². The van der Waals surface area contributed by atoms with Crippen LogP contribution in [0.2, 0.25) is 0 Å². The Morgan fingerprint density at radius 2 is 1.69 bits per heavy atom. The molecule has 1 N–H and O–H groups in total. The van der Waals surface area contributed by atoms with Crippen LogP contribution in [-0.4, -0.2) is 62.5 Å². The van der Waals surface area contributed by atoms with Crippen LogP contribution in [0.4, 0.5) is 4.39 Å². The van der Waals surface area contributed by atoms with Gasteiger partial charge in [0.2, 0.25) is 10.0 Å². The van der Waals surface area contributed by atoms with Gasteiger partial charge in [-0.05, 0) is 42.0 Å². The molecule has 2 aromatic rings. The number of hydrogen-bond acceptors (Lipinski definition) is 5. The number of amides is 1. The number of sulfonamides is 1. The molecule has 1 amide bonds. The lowest BCUT2D eigenvalue weighted by molar-refractivity contribution is -0.122. The van der Waals surface area contributed by atoms with E-state index in [0.717, 1.165) is 4.47 Å². The van der Waals surface area contributed by atoms with Crippen molar-refractivity contribution in [2.75, 3.05) is 32.7 Å². The number of hydrogen-bond donors (Lipinski definition) is 1. The van der Waals surface area contributed by atoms with Crippen LogP contribution < -0.4 is 5.43 Å². The lowest BCUT2D eigenvalue weighted by Crippen LogP contribution is -2.50. The van der Waals surface area contributed by atoms with Crippen molar-refractivity contribution in [2.45, 2.75) is 4.90 Å². The Morgan fingerprint density at radius 3 is 2.31 bits per heavy atom. The predicted molar refractivity (Wildman–Crippen MR) is 111 cm³/mol. The summed E-state index contributed by atoms with van der Waals surface area (Å²) < 4.78 is 40.5. The molecule has 0 bridgehead atoms. The maximum absolute atomic E-state index is 12.8. The molecule has 1 heterocycles. The first-order valence-corrected chi connectivity index (χ1v) is 11.1. The number of nitrogens with zero attached hydrogens (tertiary/aromatic N) is 3. The average Bonchev–Trinajstić information content (AvgIpc) is 2.70. The summed E-state index contributed by atoms with van der Waals surface area (Å²) >= 11 is 3.29. The molecule has 0 radical (unpaired) electrons. The summed E-state index contributed by atoms with van der Waals surface area (Å²) in [5.74, 6) is -0.639. The van der Waals surface area contributed by atoms with Crippen LogP contribution >= 0.6 is 15.9 Å². The molecule has 0 aliphatic carbocycles. The number of carbonyl (C=O) groups excluding carboxylic acids is 1. The fourth-order valence-corrected chi connectivity index (χ4v) is 4.54. The fourth-order valence-electron chi connectivity index (χ4n) is 2.85. The molecule has 2 aromatic carbocycles. The van der Waals surface area contributed by atoms with E-state index in [1.165, 1.54) is 22.7 Å². The third kappa shape index (κ3) is 5.92. The Balaban J connectivity index is 1.47. The highest BCUT2D eigenvalue weighted by atomic mass is 79.9. The van der Waals surface area contributed by atoms with Gasteiger partial charge in [0.1, 0.15) is 5.82 Å². The van der Waals surface area contributed by atoms with Crippen molar-refractivity contribution >= 4 is 38.1 Å². The van der Waals surface area contributed by atoms with E-state index >= 15 is 0 Å². The monoisotopic (exact) mass is 482 g/mol. The van der Waals surface area contributed by atoms with Gasteiger partial charge in [0, 0.05) is 30.7 Å². The third-order valence-corrected chi connectivity index (χ3v) is 6.86. The standard InChI is InChI=1S/C19H20BrFN4O3S/c20-16-3-7-18(8-4-16)29(27,28)25-11-9-24(10-12-25)14-19(26)23-22-13-15-1-5-17(21)6-2-15/h1-8,13H,9-12,14H2,(H,23,26)/b22-13-. The SMILES string of the molecule is O=C(CN1CCN(S(=O)(=O)c2ccc(Br)cc2)CC1)N/N=C\c1ccc(F)cc1. The molecule has 0 saturated carbocycles. The summed E-state index contributed by atoms with van der Waals surface area (Å²) in [6.45, 7) is 1.64. The molecule has 1 fully saturated rings. The molecule has 0 unspecified atom stereocenters. The number of carbonyl (C=O) groups is 1. The minimum Gasteiger partial charge on any atom is -0.292 e. The summed E-state index contributed by atoms with van der Waals surface area (Å²) in [4.78, 5) is 14.1. The Labute approximate surface area is 177 Å². The summed E-state index contributed by atoms with van der Waals surface area (Å²) in [5.41, 5.74) is 3.09. The summed E-state index contributed by atoms with van der Waals surface area (Å²) in [6, 6.07) is 12.2. The van der Waals surface area contributed by atoms with Gasteiger partial charge >= 0.3 is 0 Å². The van der Waals surface area contributed by atoms with Gasteiger partial charge in [0.05, 0.1) is 17.7 Å². The first-order chi connectivity index (χ1) is 13.8. The molecule has 0 atom stereocenters. The van der Waals surface area contributed by atoms with E-state index in [1.54, 1.807) is 36.4 Å². The van der Waals surface area contributed by atoms with Gasteiger partial charge in [0.25, 0.3) is 5.91 Å². The van der Waals surface area contributed by atoms with Crippen molar-refractivity contribution in [3.63, 3.8) is 0 Å². The lowest BCUT2D eigenvalue weighted by Gasteiger charge is -2.33. The quantitative estimate of drug-likeness (QED) is 0.504. The zero-order valence-corrected chi connectivity index (χ0v) is 17.9. The molecule has 0 spiro atoms. The first kappa shape index (κ1) is 21.6. The predicted octanol–water partition coefficient (Wildman–Crippen LogP) is 2.04. The van der Waals surface area contributed by atoms with Crippen molar-refractivity contribution in [1.29, 1.82) is 0 Å². The highest BCUT2D eigenvalue weighted by Gasteiger charge is 2.28. The number of hydrazone groups is 1. The molecule has 154 valence electrons. The van der Waals surface area contributed by atoms with Gasteiger partial charge in [0.15, 0.2) is 0 Å². The van der Waals surface area contributed by atoms with Gasteiger partial charge in [-0.25, -0.2) is 18.2 Å². The molecule has 29 heavy (non-hydrogen) atoms. The third-order valence-electron chi connectivity index (χ3n) is 4.42. The molecule has 1 aliphatic heterocycles. The van der Waals surface area contributed by atoms with Crippen molar-refractivity contribution in [3.8, 4) is 0 Å². The summed E-state index contributed by atoms with van der Waals surface area (Å²) in [7, 11) is -3.54. The molecule has 7 nitrogen and oxygen atoms in total. The summed E-state index contributed by atoms with van der Waals surface area (Å²) in [5, 5.41) is 3.85. The van der Waals surface area contributed by atoms with E-state index in [4.69, 9.17) is 0 Å². The molecular weight excluding hydrogens is 463 g/mol. The summed E-state index contributed by atoms with van der Waals surface area (Å²) in [6.07, 6.45) is 1.43. The number of benzene rings is 2. The second kappa shape index (κ2) is 9.57. The van der Waals surface area contributed by atoms with Crippen LogP contribution in [0.15, 0.2) is 63.0 Å². The van der Waals surface area contributed by atoms with Crippen LogP contribution in [0, 0.1) is 5.82 Å². The lowest BCUT2D eigenvalue weighted by atomic mass is 10.2. The van der Waals surface area contributed by atoms with Crippen molar-refractivity contribution in [2.24, 2.45) is 5.10 Å². The second-order valence-corrected chi connectivity index (χ2v) is 9.33. The zero-order valence-electron chi connectivity index (χ0n) is 15.5. The van der Waals surface area contributed by atoms with Gasteiger partial charge in [-0.2, -0.15) is 9.41 Å². The van der Waals surface area contributed by atoms with Crippen molar-refractivity contribution < 1.29 is 17.6 Å². The maximum Gasteiger partial charge on any atom is 0.254 e. The fraction of sp³-hybridized carbons (Fsp3) is 0.263. The van der Waals surface area contributed by atoms with Gasteiger partial charge in [-0.1, -0.05) is 28.1 Å². The minimum absolute atomic E-state index is 0.118. The Morgan fingerprint density at radius 1 is 1.07 bits per heavy atom. The van der Waals surface area contributed by atoms with E-state index in [1.807, 2.05) is 4.90 Å². The number of halogens is 2. The van der Waals surface area contributed by atoms with Crippen molar-refractivity contribution in [3.05, 3.63) is 64.4 Å². The van der Waals surface area contributed by atoms with Crippen LogP contribution in [0.1, 0.15) is 5.56 Å². The van der Waals surface area contributed by atoms with E-state index in [2.05, 4.69) is 26.5 Å². The molecular formula is C19H20BrFN4O3S. The number of piperazine rings is 1. The smallest absolute Gasteiger partial charge is 0.254 e. The van der Waals surface area contributed by atoms with Gasteiger partial charge < -0.3 is 0 Å². The molecule has 10 heteroatoms. The van der Waals surface area contributed by atoms with E-state index in [-0.39, 0.29) is 23.2 Å². The van der Waals surface area contributed by atoms with Gasteiger partial charge in [-0.3, -0.25) is 9.69 Å². The first-order valence-electron chi connectivity index (χ1n) is 8.90. The zero-order chi connectivity index (χ0) is 20.9. The minimum atomic E-state index is -3.54. The molecule has 3 rings (SSSR count). The molecule has 0 aromatic heterocycles. The molecule has 1 aliphatic rings. The Hall–Kier alpha value is -2.14. The van der Waals surface area contributed by atoms with Gasteiger partial charge in [-0.15, -0.1) is 0 Å². The largest absolute Gasteiger partial charge is 0.292 e. The maximum atomic E-state index is 12.8. The normalized spacial score (nSPS) is 16.2. The van der Waals surface area contributed by atoms with Crippen LogP contribution in [0.3, 0.4) is 0 Å². The highest BCUT2D eigenvalue weighted by Crippen LogP contribution is 2.20. The molecule has 1 saturated heterocycles. The van der Waals surface area contributed by atoms with Crippen LogP contribution in [-0.2, 0) is 14.8 Å². The second-order valence-electron chi connectivity index (χ2n) is 6.48. The van der Waals surface area contributed by atoms with Crippen molar-refractivity contribution in [1.82, 2.24) is 14.6 Å². The van der Waals surface area contributed by atoms with E-state index in [9.17, 15) is 17.6 Å². The Bertz CT molecular complexity index is 974. The van der Waals surface area contributed by atoms with E-state index in [0.29, 0.717) is 31.7 Å². The number of rotatable bonds is 6.